The number of benzene rings is 2. The molecule has 0 aliphatic heterocycles. The molecule has 0 atom stereocenters. The molecule has 0 unspecified atom stereocenters. The fourth-order valence-electron chi connectivity index (χ4n) is 3.34. The molecule has 0 radical (unpaired) electrons. The summed E-state index contributed by atoms with van der Waals surface area (Å²) in [5.41, 5.74) is 3.73. The van der Waals surface area contributed by atoms with Crippen LogP contribution >= 0.6 is 0 Å². The van der Waals surface area contributed by atoms with Gasteiger partial charge in [0.05, 0.1) is 11.9 Å². The minimum absolute atomic E-state index is 0.0201. The Labute approximate surface area is 169 Å². The highest BCUT2D eigenvalue weighted by Crippen LogP contribution is 2.24. The van der Waals surface area contributed by atoms with E-state index in [1.807, 2.05) is 24.4 Å². The molecule has 8 heteroatoms. The van der Waals surface area contributed by atoms with Gasteiger partial charge in [0, 0.05) is 34.8 Å². The van der Waals surface area contributed by atoms with Gasteiger partial charge < -0.3 is 9.72 Å². The van der Waals surface area contributed by atoms with Crippen molar-refractivity contribution < 1.29 is 17.9 Å². The van der Waals surface area contributed by atoms with E-state index in [-0.39, 0.29) is 11.2 Å². The number of halogens is 3. The van der Waals surface area contributed by atoms with E-state index in [4.69, 9.17) is 0 Å². The summed E-state index contributed by atoms with van der Waals surface area (Å²) in [4.78, 5) is 15.9. The number of hydrogen-bond donors (Lipinski definition) is 1. The van der Waals surface area contributed by atoms with Gasteiger partial charge in [-0.1, -0.05) is 24.3 Å². The average Bonchev–Trinajstić information content (AvgIpc) is 3.18. The number of aromatic amines is 1. The molecule has 4 aromatic rings. The zero-order valence-corrected chi connectivity index (χ0v) is 16.0. The van der Waals surface area contributed by atoms with E-state index in [0.717, 1.165) is 22.3 Å². The van der Waals surface area contributed by atoms with E-state index in [1.54, 1.807) is 36.0 Å². The van der Waals surface area contributed by atoms with Crippen LogP contribution in [0.4, 0.5) is 13.2 Å². The number of rotatable bonds is 5. The third-order valence-corrected chi connectivity index (χ3v) is 4.86. The Kier molecular flexibility index (Phi) is 5.07. The zero-order chi connectivity index (χ0) is 21.3. The molecule has 154 valence electrons. The zero-order valence-electron chi connectivity index (χ0n) is 16.0. The second kappa shape index (κ2) is 7.70. The first-order valence-corrected chi connectivity index (χ1v) is 9.29. The number of nitrogens with one attached hydrogen (secondary N) is 1. The van der Waals surface area contributed by atoms with Crippen molar-refractivity contribution in [1.29, 1.82) is 0 Å². The quantitative estimate of drug-likeness (QED) is 0.509. The summed E-state index contributed by atoms with van der Waals surface area (Å²) < 4.78 is 42.3. The van der Waals surface area contributed by atoms with Crippen LogP contribution in [0.1, 0.15) is 11.1 Å². The van der Waals surface area contributed by atoms with Gasteiger partial charge in [-0.25, -0.2) is 0 Å². The number of H-pyrrole nitrogens is 1. The van der Waals surface area contributed by atoms with E-state index in [1.165, 1.54) is 12.1 Å². The topological polar surface area (TPSA) is 59.9 Å². The van der Waals surface area contributed by atoms with Gasteiger partial charge in [-0.05, 0) is 43.2 Å². The number of pyridine rings is 1. The van der Waals surface area contributed by atoms with Gasteiger partial charge in [-0.2, -0.15) is 5.10 Å². The Morgan fingerprint density at radius 1 is 1.10 bits per heavy atom. The minimum Gasteiger partial charge on any atom is -0.406 e. The Morgan fingerprint density at radius 2 is 1.83 bits per heavy atom. The highest BCUT2D eigenvalue weighted by molar-refractivity contribution is 5.82. The van der Waals surface area contributed by atoms with Crippen LogP contribution in [0.5, 0.6) is 5.75 Å². The van der Waals surface area contributed by atoms with Crippen LogP contribution in [-0.2, 0) is 13.0 Å². The van der Waals surface area contributed by atoms with Gasteiger partial charge in [-0.3, -0.25) is 9.48 Å². The molecule has 2 heterocycles. The summed E-state index contributed by atoms with van der Waals surface area (Å²) in [5.74, 6) is -0.247. The van der Waals surface area contributed by atoms with Crippen molar-refractivity contribution in [3.63, 3.8) is 0 Å². The molecule has 5 nitrogen and oxygen atoms in total. The summed E-state index contributed by atoms with van der Waals surface area (Å²) in [7, 11) is 0. The Hall–Kier alpha value is -3.55. The van der Waals surface area contributed by atoms with Crippen molar-refractivity contribution in [2.45, 2.75) is 26.3 Å². The number of alkyl halides is 3. The molecule has 1 N–H and O–H groups in total. The number of nitrogens with zero attached hydrogens (tertiary/aromatic N) is 2. The molecule has 0 saturated heterocycles. The standard InChI is InChI=1S/C22H18F3N3O2/c1-14-20(27-19-5-3-2-4-18(19)21(14)29)16-12-26-28(13-16)11-10-15-6-8-17(9-7-15)30-22(23,24)25/h2-9,12-13H,10-11H2,1H3,(H,27,29). The molecule has 2 aromatic carbocycles. The van der Waals surface area contributed by atoms with Gasteiger partial charge >= 0.3 is 6.36 Å². The number of ether oxygens (including phenoxy) is 1. The van der Waals surface area contributed by atoms with Crippen molar-refractivity contribution >= 4 is 10.9 Å². The third kappa shape index (κ3) is 4.22. The van der Waals surface area contributed by atoms with Crippen molar-refractivity contribution in [3.8, 4) is 17.0 Å². The van der Waals surface area contributed by atoms with Crippen LogP contribution < -0.4 is 10.2 Å². The second-order valence-electron chi connectivity index (χ2n) is 6.93. The van der Waals surface area contributed by atoms with Gasteiger partial charge in [-0.15, -0.1) is 13.2 Å². The lowest BCUT2D eigenvalue weighted by Gasteiger charge is -2.09. The van der Waals surface area contributed by atoms with E-state index in [9.17, 15) is 18.0 Å². The number of hydrogen-bond acceptors (Lipinski definition) is 3. The number of aromatic nitrogens is 3. The lowest BCUT2D eigenvalue weighted by atomic mass is 10.1. The Morgan fingerprint density at radius 3 is 2.57 bits per heavy atom. The lowest BCUT2D eigenvalue weighted by molar-refractivity contribution is -0.274. The molecule has 0 bridgehead atoms. The Balaban J connectivity index is 1.49. The largest absolute Gasteiger partial charge is 0.573 e. The second-order valence-corrected chi connectivity index (χ2v) is 6.93. The van der Waals surface area contributed by atoms with Gasteiger partial charge in [0.25, 0.3) is 0 Å². The van der Waals surface area contributed by atoms with Crippen LogP contribution in [0.15, 0.2) is 65.7 Å². The molecule has 0 amide bonds. The first-order valence-electron chi connectivity index (χ1n) is 9.29. The maximum atomic E-state index is 12.6. The van der Waals surface area contributed by atoms with Crippen molar-refractivity contribution in [1.82, 2.24) is 14.8 Å². The molecule has 2 aromatic heterocycles. The smallest absolute Gasteiger partial charge is 0.406 e. The van der Waals surface area contributed by atoms with Gasteiger partial charge in [0.2, 0.25) is 0 Å². The lowest BCUT2D eigenvalue weighted by Crippen LogP contribution is -2.17. The minimum atomic E-state index is -4.70. The van der Waals surface area contributed by atoms with Crippen molar-refractivity contribution in [2.24, 2.45) is 0 Å². The van der Waals surface area contributed by atoms with Crippen LogP contribution in [-0.4, -0.2) is 21.1 Å². The fraction of sp³-hybridized carbons (Fsp3) is 0.182. The van der Waals surface area contributed by atoms with Gasteiger partial charge in [0.15, 0.2) is 5.43 Å². The highest BCUT2D eigenvalue weighted by atomic mass is 19.4. The molecule has 4 rings (SSSR count). The Bertz CT molecular complexity index is 1240. The molecule has 0 aliphatic rings. The SMILES string of the molecule is Cc1c(-c2cnn(CCc3ccc(OC(F)(F)F)cc3)c2)[nH]c2ccccc2c1=O. The summed E-state index contributed by atoms with van der Waals surface area (Å²) in [6.07, 6.45) is -0.586. The highest BCUT2D eigenvalue weighted by Gasteiger charge is 2.30. The summed E-state index contributed by atoms with van der Waals surface area (Å²) >= 11 is 0. The monoisotopic (exact) mass is 413 g/mol. The molecule has 0 saturated carbocycles. The van der Waals surface area contributed by atoms with Crippen molar-refractivity contribution in [3.05, 3.63) is 82.3 Å². The normalized spacial score (nSPS) is 11.7. The number of para-hydroxylation sites is 1. The summed E-state index contributed by atoms with van der Waals surface area (Å²) in [5, 5.41) is 4.99. The predicted octanol–water partition coefficient (Wildman–Crippen LogP) is 4.84. The van der Waals surface area contributed by atoms with Gasteiger partial charge in [0.1, 0.15) is 5.75 Å². The first kappa shape index (κ1) is 19.8. The predicted molar refractivity (Wildman–Crippen MR) is 107 cm³/mol. The number of aryl methyl sites for hydroxylation is 2. The summed E-state index contributed by atoms with van der Waals surface area (Å²) in [6, 6.07) is 13.1. The van der Waals surface area contributed by atoms with Crippen molar-refractivity contribution in [2.75, 3.05) is 0 Å². The molecule has 0 fully saturated rings. The number of fused-ring (bicyclic) bond motifs is 1. The molecular formula is C22H18F3N3O2. The molecular weight excluding hydrogens is 395 g/mol. The van der Waals surface area contributed by atoms with E-state index >= 15 is 0 Å². The molecule has 30 heavy (non-hydrogen) atoms. The molecule has 0 aliphatic carbocycles. The fourth-order valence-corrected chi connectivity index (χ4v) is 3.34. The maximum Gasteiger partial charge on any atom is 0.573 e. The van der Waals surface area contributed by atoms with Crippen LogP contribution in [0.3, 0.4) is 0 Å². The summed E-state index contributed by atoms with van der Waals surface area (Å²) in [6.45, 7) is 2.32. The van der Waals surface area contributed by atoms with E-state index < -0.39 is 6.36 Å². The van der Waals surface area contributed by atoms with Crippen LogP contribution in [0, 0.1) is 6.92 Å². The van der Waals surface area contributed by atoms with Crippen LogP contribution in [0.25, 0.3) is 22.2 Å². The third-order valence-electron chi connectivity index (χ3n) is 4.86. The van der Waals surface area contributed by atoms with E-state index in [0.29, 0.717) is 23.9 Å². The van der Waals surface area contributed by atoms with E-state index in [2.05, 4.69) is 14.8 Å². The maximum absolute atomic E-state index is 12.6. The van der Waals surface area contributed by atoms with Crippen LogP contribution in [0.2, 0.25) is 0 Å². The molecule has 0 spiro atoms. The average molecular weight is 413 g/mol. The first-order chi connectivity index (χ1) is 14.3.